The SMILES string of the molecule is COc1cccc2c1n(Cc1ccccc1C(F)(F)F)c(=O)n2C1CCN(c2c(C=O)c(C3CC3)nn2C)CC1. The van der Waals surface area contributed by atoms with Crippen molar-refractivity contribution in [1.82, 2.24) is 18.9 Å². The van der Waals surface area contributed by atoms with Gasteiger partial charge in [0.05, 0.1) is 36.0 Å². The number of aldehydes is 1. The number of hydrogen-bond donors (Lipinski definition) is 0. The Morgan fingerprint density at radius 1 is 1.05 bits per heavy atom. The van der Waals surface area contributed by atoms with Crippen molar-refractivity contribution in [1.29, 1.82) is 0 Å². The van der Waals surface area contributed by atoms with Crippen molar-refractivity contribution < 1.29 is 22.7 Å². The van der Waals surface area contributed by atoms with Gasteiger partial charge >= 0.3 is 11.9 Å². The van der Waals surface area contributed by atoms with Crippen molar-refractivity contribution in [2.24, 2.45) is 7.05 Å². The Kier molecular flexibility index (Phi) is 6.47. The number of rotatable bonds is 7. The van der Waals surface area contributed by atoms with Gasteiger partial charge in [0.15, 0.2) is 6.29 Å². The van der Waals surface area contributed by atoms with Gasteiger partial charge in [-0.15, -0.1) is 0 Å². The molecule has 2 fully saturated rings. The van der Waals surface area contributed by atoms with Crippen LogP contribution in [0.4, 0.5) is 19.0 Å². The summed E-state index contributed by atoms with van der Waals surface area (Å²) in [6, 6.07) is 10.5. The summed E-state index contributed by atoms with van der Waals surface area (Å²) in [6.07, 6.45) is -0.311. The maximum atomic E-state index is 13.9. The average molecular weight is 554 g/mol. The van der Waals surface area contributed by atoms with E-state index in [1.807, 2.05) is 13.1 Å². The normalized spacial score (nSPS) is 16.6. The summed E-state index contributed by atoms with van der Waals surface area (Å²) in [5.74, 6) is 1.57. The molecule has 2 aromatic carbocycles. The Morgan fingerprint density at radius 2 is 1.77 bits per heavy atom. The van der Waals surface area contributed by atoms with Crippen LogP contribution in [-0.2, 0) is 19.8 Å². The minimum absolute atomic E-state index is 0.0148. The fraction of sp³-hybridized carbons (Fsp3) is 0.414. The summed E-state index contributed by atoms with van der Waals surface area (Å²) in [7, 11) is 3.33. The summed E-state index contributed by atoms with van der Waals surface area (Å²) < 4.78 is 51.7. The molecule has 0 spiro atoms. The number of halogens is 3. The van der Waals surface area contributed by atoms with E-state index in [4.69, 9.17) is 4.74 Å². The highest BCUT2D eigenvalue weighted by molar-refractivity contribution is 5.86. The topological polar surface area (TPSA) is 74.3 Å². The Balaban J connectivity index is 1.36. The first-order valence-corrected chi connectivity index (χ1v) is 13.4. The summed E-state index contributed by atoms with van der Waals surface area (Å²) in [5, 5.41) is 4.63. The lowest BCUT2D eigenvalue weighted by Crippen LogP contribution is -2.39. The van der Waals surface area contributed by atoms with Gasteiger partial charge in [0, 0.05) is 32.1 Å². The number of aryl methyl sites for hydroxylation is 1. The number of aromatic nitrogens is 4. The van der Waals surface area contributed by atoms with Crippen LogP contribution in [0.1, 0.15) is 64.8 Å². The van der Waals surface area contributed by atoms with E-state index in [2.05, 4.69) is 10.00 Å². The van der Waals surface area contributed by atoms with Gasteiger partial charge in [-0.25, -0.2) is 4.79 Å². The van der Waals surface area contributed by atoms with Crippen LogP contribution in [0.5, 0.6) is 5.75 Å². The Bertz CT molecular complexity index is 1640. The summed E-state index contributed by atoms with van der Waals surface area (Å²) in [5.41, 5.74) is 1.47. The average Bonchev–Trinajstić information content (AvgIpc) is 3.68. The van der Waals surface area contributed by atoms with Gasteiger partial charge in [-0.3, -0.25) is 18.6 Å². The molecule has 0 bridgehead atoms. The summed E-state index contributed by atoms with van der Waals surface area (Å²) >= 11 is 0. The first-order valence-electron chi connectivity index (χ1n) is 13.4. The second kappa shape index (κ2) is 9.87. The largest absolute Gasteiger partial charge is 0.494 e. The minimum atomic E-state index is -4.54. The number of ether oxygens (including phenoxy) is 1. The molecule has 2 aliphatic rings. The zero-order valence-electron chi connectivity index (χ0n) is 22.3. The Morgan fingerprint density at radius 3 is 2.42 bits per heavy atom. The number of carbonyl (C=O) groups is 1. The molecule has 8 nitrogen and oxygen atoms in total. The fourth-order valence-corrected chi connectivity index (χ4v) is 6.11. The third-order valence-electron chi connectivity index (χ3n) is 8.11. The van der Waals surface area contributed by atoms with E-state index < -0.39 is 11.7 Å². The molecule has 1 aliphatic carbocycles. The molecule has 1 aliphatic heterocycles. The Hall–Kier alpha value is -4.02. The Labute approximate surface area is 228 Å². The van der Waals surface area contributed by atoms with Crippen molar-refractivity contribution in [3.05, 3.63) is 75.3 Å². The van der Waals surface area contributed by atoms with Gasteiger partial charge in [-0.2, -0.15) is 18.3 Å². The third kappa shape index (κ3) is 4.37. The van der Waals surface area contributed by atoms with Crippen LogP contribution in [-0.4, -0.2) is 45.4 Å². The van der Waals surface area contributed by atoms with Gasteiger partial charge in [-0.1, -0.05) is 24.3 Å². The van der Waals surface area contributed by atoms with Crippen LogP contribution in [0, 0.1) is 0 Å². The van der Waals surface area contributed by atoms with Crippen molar-refractivity contribution in [3.63, 3.8) is 0 Å². The van der Waals surface area contributed by atoms with Crippen molar-refractivity contribution in [2.75, 3.05) is 25.1 Å². The molecule has 0 amide bonds. The number of nitrogens with zero attached hydrogens (tertiary/aromatic N) is 5. The lowest BCUT2D eigenvalue weighted by Gasteiger charge is -2.34. The van der Waals surface area contributed by atoms with Gasteiger partial charge in [0.25, 0.3) is 0 Å². The number of fused-ring (bicyclic) bond motifs is 1. The summed E-state index contributed by atoms with van der Waals surface area (Å²) in [4.78, 5) is 28.1. The van der Waals surface area contributed by atoms with Gasteiger partial charge in [0.2, 0.25) is 0 Å². The van der Waals surface area contributed by atoms with Gasteiger partial charge < -0.3 is 9.64 Å². The van der Waals surface area contributed by atoms with E-state index in [0.717, 1.165) is 36.7 Å². The highest BCUT2D eigenvalue weighted by Crippen LogP contribution is 2.43. The van der Waals surface area contributed by atoms with Crippen LogP contribution in [0.2, 0.25) is 0 Å². The number of carbonyl (C=O) groups excluding carboxylic acids is 1. The first kappa shape index (κ1) is 26.2. The maximum Gasteiger partial charge on any atom is 0.416 e. The number of para-hydroxylation sites is 1. The van der Waals surface area contributed by atoms with E-state index in [0.29, 0.717) is 54.2 Å². The molecular weight excluding hydrogens is 523 g/mol. The fourth-order valence-electron chi connectivity index (χ4n) is 6.11. The maximum absolute atomic E-state index is 13.9. The zero-order valence-corrected chi connectivity index (χ0v) is 22.3. The molecule has 2 aromatic heterocycles. The van der Waals surface area contributed by atoms with Crippen LogP contribution in [0.25, 0.3) is 11.0 Å². The lowest BCUT2D eigenvalue weighted by molar-refractivity contribution is -0.138. The molecule has 210 valence electrons. The molecular formula is C29H30F3N5O3. The van der Waals surface area contributed by atoms with Gasteiger partial charge in [-0.05, 0) is 49.4 Å². The number of alkyl halides is 3. The molecule has 6 rings (SSSR count). The van der Waals surface area contributed by atoms with E-state index >= 15 is 0 Å². The van der Waals surface area contributed by atoms with E-state index in [1.165, 1.54) is 23.8 Å². The molecule has 11 heteroatoms. The molecule has 4 aromatic rings. The molecule has 1 saturated heterocycles. The molecule has 1 saturated carbocycles. The number of piperidine rings is 1. The number of benzene rings is 2. The number of hydrogen-bond acceptors (Lipinski definition) is 5. The van der Waals surface area contributed by atoms with E-state index in [-0.39, 0.29) is 23.8 Å². The second-order valence-corrected chi connectivity index (χ2v) is 10.6. The number of methoxy groups -OCH3 is 1. The quantitative estimate of drug-likeness (QED) is 0.296. The summed E-state index contributed by atoms with van der Waals surface area (Å²) in [6.45, 7) is 0.975. The third-order valence-corrected chi connectivity index (χ3v) is 8.11. The minimum Gasteiger partial charge on any atom is -0.494 e. The molecule has 0 atom stereocenters. The van der Waals surface area contributed by atoms with Crippen LogP contribution in [0.3, 0.4) is 0 Å². The predicted octanol–water partition coefficient (Wildman–Crippen LogP) is 5.14. The molecule has 0 unspecified atom stereocenters. The van der Waals surface area contributed by atoms with Crippen molar-refractivity contribution in [2.45, 2.75) is 50.4 Å². The van der Waals surface area contributed by atoms with E-state index in [9.17, 15) is 22.8 Å². The molecule has 3 heterocycles. The van der Waals surface area contributed by atoms with E-state index in [1.54, 1.807) is 27.4 Å². The van der Waals surface area contributed by atoms with Crippen LogP contribution < -0.4 is 15.3 Å². The monoisotopic (exact) mass is 553 g/mol. The number of imidazole rings is 1. The van der Waals surface area contributed by atoms with Crippen molar-refractivity contribution >= 4 is 23.1 Å². The molecule has 40 heavy (non-hydrogen) atoms. The lowest BCUT2D eigenvalue weighted by atomic mass is 10.0. The predicted molar refractivity (Wildman–Crippen MR) is 144 cm³/mol. The molecule has 0 radical (unpaired) electrons. The highest BCUT2D eigenvalue weighted by atomic mass is 19.4. The molecule has 0 N–H and O–H groups in total. The van der Waals surface area contributed by atoms with Crippen LogP contribution in [0.15, 0.2) is 47.3 Å². The standard InChI is InChI=1S/C29H30F3N5O3/c1-34-27(21(17-38)25(33-34)18-10-11-18)35-14-12-20(13-15-35)37-23-8-5-9-24(40-2)26(23)36(28(37)39)16-19-6-3-4-7-22(19)29(30,31)32/h3-9,17-18,20H,10-16H2,1-2H3. The highest BCUT2D eigenvalue weighted by Gasteiger charge is 2.35. The zero-order chi connectivity index (χ0) is 28.2. The smallest absolute Gasteiger partial charge is 0.416 e. The van der Waals surface area contributed by atoms with Crippen LogP contribution >= 0.6 is 0 Å². The first-order chi connectivity index (χ1) is 19.2. The van der Waals surface area contributed by atoms with Gasteiger partial charge in [0.1, 0.15) is 17.1 Å². The second-order valence-electron chi connectivity index (χ2n) is 10.6. The number of anilines is 1. The van der Waals surface area contributed by atoms with Crippen molar-refractivity contribution in [3.8, 4) is 5.75 Å².